The Hall–Kier alpha value is -4.48. The van der Waals surface area contributed by atoms with Gasteiger partial charge in [0.05, 0.1) is 18.8 Å². The van der Waals surface area contributed by atoms with Crippen molar-refractivity contribution in [3.8, 4) is 0 Å². The van der Waals surface area contributed by atoms with Gasteiger partial charge in [-0.2, -0.15) is 0 Å². The number of pyridine rings is 1. The number of unbranched alkanes of at least 4 members (excludes halogenated alkanes) is 1. The zero-order valence-corrected chi connectivity index (χ0v) is 19.8. The molecule has 36 heavy (non-hydrogen) atoms. The van der Waals surface area contributed by atoms with E-state index in [1.807, 2.05) is 13.0 Å². The maximum Gasteiger partial charge on any atom is 0.273 e. The summed E-state index contributed by atoms with van der Waals surface area (Å²) in [7, 11) is 0. The predicted octanol–water partition coefficient (Wildman–Crippen LogP) is 2.30. The minimum atomic E-state index is -0.414. The second-order valence-electron chi connectivity index (χ2n) is 8.26. The number of rotatable bonds is 11. The number of nitrogens with zero attached hydrogens (tertiary/aromatic N) is 7. The van der Waals surface area contributed by atoms with Crippen LogP contribution in [0.3, 0.4) is 0 Å². The van der Waals surface area contributed by atoms with Crippen LogP contribution in [0.5, 0.6) is 0 Å². The number of nitrogens with one attached hydrogen (secondary N) is 2. The van der Waals surface area contributed by atoms with Crippen LogP contribution in [0.4, 0.5) is 10.2 Å². The van der Waals surface area contributed by atoms with E-state index in [1.165, 1.54) is 6.07 Å². The first-order valence-corrected chi connectivity index (χ1v) is 11.5. The van der Waals surface area contributed by atoms with E-state index in [-0.39, 0.29) is 30.4 Å². The van der Waals surface area contributed by atoms with Crippen molar-refractivity contribution in [2.75, 3.05) is 5.32 Å². The second kappa shape index (κ2) is 11.8. The SMILES string of the molecule is Cc1ccc(F)c(CNC(=O)c2cn(CCCCn3cc(NC(=O)Cc4ccccn4)nn3)nn2)c1. The zero-order valence-electron chi connectivity index (χ0n) is 19.8. The normalized spacial score (nSPS) is 10.8. The molecule has 2 N–H and O–H groups in total. The van der Waals surface area contributed by atoms with Gasteiger partial charge in [-0.25, -0.2) is 4.39 Å². The van der Waals surface area contributed by atoms with Crippen molar-refractivity contribution in [3.05, 3.63) is 83.3 Å². The molecular formula is C24H26FN9O2. The summed E-state index contributed by atoms with van der Waals surface area (Å²) >= 11 is 0. The van der Waals surface area contributed by atoms with Crippen molar-refractivity contribution >= 4 is 17.6 Å². The molecule has 0 spiro atoms. The molecule has 3 heterocycles. The van der Waals surface area contributed by atoms with Gasteiger partial charge in [0.1, 0.15) is 5.82 Å². The predicted molar refractivity (Wildman–Crippen MR) is 128 cm³/mol. The summed E-state index contributed by atoms with van der Waals surface area (Å²) in [6.07, 6.45) is 6.58. The summed E-state index contributed by atoms with van der Waals surface area (Å²) in [6, 6.07) is 10.2. The lowest BCUT2D eigenvalue weighted by atomic mass is 10.1. The molecule has 186 valence electrons. The van der Waals surface area contributed by atoms with Crippen LogP contribution >= 0.6 is 0 Å². The van der Waals surface area contributed by atoms with Gasteiger partial charge in [0.25, 0.3) is 5.91 Å². The average molecular weight is 492 g/mol. The van der Waals surface area contributed by atoms with Crippen molar-refractivity contribution in [3.63, 3.8) is 0 Å². The van der Waals surface area contributed by atoms with Crippen molar-refractivity contribution in [1.82, 2.24) is 40.3 Å². The van der Waals surface area contributed by atoms with E-state index < -0.39 is 5.91 Å². The van der Waals surface area contributed by atoms with Crippen molar-refractivity contribution < 1.29 is 14.0 Å². The van der Waals surface area contributed by atoms with Crippen LogP contribution in [0.25, 0.3) is 0 Å². The maximum atomic E-state index is 13.8. The van der Waals surface area contributed by atoms with Crippen LogP contribution in [-0.2, 0) is 30.8 Å². The molecule has 4 rings (SSSR count). The molecule has 0 unspecified atom stereocenters. The Labute approximate surface area is 206 Å². The molecule has 12 heteroatoms. The molecule has 0 fully saturated rings. The number of amides is 2. The first-order valence-electron chi connectivity index (χ1n) is 11.5. The first-order chi connectivity index (χ1) is 17.5. The number of halogens is 1. The molecule has 0 aliphatic carbocycles. The van der Waals surface area contributed by atoms with Gasteiger partial charge in [-0.05, 0) is 38.0 Å². The fourth-order valence-corrected chi connectivity index (χ4v) is 3.48. The van der Waals surface area contributed by atoms with Crippen LogP contribution in [0.15, 0.2) is 55.0 Å². The first kappa shape index (κ1) is 24.6. The Morgan fingerprint density at radius 3 is 2.56 bits per heavy atom. The quantitative estimate of drug-likeness (QED) is 0.308. The van der Waals surface area contributed by atoms with Gasteiger partial charge in [0, 0.05) is 37.1 Å². The molecule has 0 saturated carbocycles. The maximum absolute atomic E-state index is 13.8. The molecule has 1 aromatic carbocycles. The molecule has 0 aliphatic heterocycles. The fourth-order valence-electron chi connectivity index (χ4n) is 3.48. The number of benzene rings is 1. The standard InChI is InChI=1S/C24H26FN9O2/c1-17-7-8-20(25)18(12-17)14-27-24(36)21-15-33(31-29-21)10-4-5-11-34-16-22(30-32-34)28-23(35)13-19-6-2-3-9-26-19/h2-3,6-9,12,15-16H,4-5,10-11,13-14H2,1H3,(H,27,36)(H,28,35). The van der Waals surface area contributed by atoms with E-state index in [9.17, 15) is 14.0 Å². The van der Waals surface area contributed by atoms with E-state index in [2.05, 4.69) is 36.2 Å². The molecule has 0 atom stereocenters. The van der Waals surface area contributed by atoms with Crippen LogP contribution < -0.4 is 10.6 Å². The number of hydrogen-bond acceptors (Lipinski definition) is 7. The molecule has 0 saturated heterocycles. The molecule has 4 aromatic rings. The molecule has 2 amide bonds. The summed E-state index contributed by atoms with van der Waals surface area (Å²) in [6.45, 7) is 3.10. The van der Waals surface area contributed by atoms with Gasteiger partial charge in [-0.3, -0.25) is 23.9 Å². The summed E-state index contributed by atoms with van der Waals surface area (Å²) < 4.78 is 17.1. The topological polar surface area (TPSA) is 133 Å². The van der Waals surface area contributed by atoms with Crippen LogP contribution in [0, 0.1) is 12.7 Å². The molecule has 0 radical (unpaired) electrons. The number of aromatic nitrogens is 7. The van der Waals surface area contributed by atoms with Crippen LogP contribution in [0.2, 0.25) is 0 Å². The van der Waals surface area contributed by atoms with Crippen LogP contribution in [-0.4, -0.2) is 46.8 Å². The van der Waals surface area contributed by atoms with Crippen molar-refractivity contribution in [2.45, 2.75) is 45.8 Å². The molecule has 3 aromatic heterocycles. The number of carbonyl (C=O) groups excluding carboxylic acids is 2. The Balaban J connectivity index is 1.17. The lowest BCUT2D eigenvalue weighted by Crippen LogP contribution is -2.23. The molecule has 0 bridgehead atoms. The van der Waals surface area contributed by atoms with Gasteiger partial charge >= 0.3 is 0 Å². The Kier molecular flexibility index (Phi) is 8.06. The minimum Gasteiger partial charge on any atom is -0.346 e. The number of anilines is 1. The van der Waals surface area contributed by atoms with E-state index in [0.29, 0.717) is 30.2 Å². The largest absolute Gasteiger partial charge is 0.346 e. The third-order valence-corrected chi connectivity index (χ3v) is 5.31. The van der Waals surface area contributed by atoms with Crippen molar-refractivity contribution in [2.24, 2.45) is 0 Å². The Bertz CT molecular complexity index is 1320. The highest BCUT2D eigenvalue weighted by Gasteiger charge is 2.12. The third-order valence-electron chi connectivity index (χ3n) is 5.31. The number of carbonyl (C=O) groups is 2. The summed E-state index contributed by atoms with van der Waals surface area (Å²) in [5, 5.41) is 21.3. The molecular weight excluding hydrogens is 465 g/mol. The highest BCUT2D eigenvalue weighted by Crippen LogP contribution is 2.10. The average Bonchev–Trinajstić information content (AvgIpc) is 3.52. The van der Waals surface area contributed by atoms with E-state index in [4.69, 9.17) is 0 Å². The number of aryl methyl sites for hydroxylation is 3. The van der Waals surface area contributed by atoms with E-state index in [1.54, 1.807) is 52.2 Å². The Morgan fingerprint density at radius 2 is 1.78 bits per heavy atom. The van der Waals surface area contributed by atoms with Gasteiger partial charge in [0.15, 0.2) is 11.5 Å². The smallest absolute Gasteiger partial charge is 0.273 e. The summed E-state index contributed by atoms with van der Waals surface area (Å²) in [5.74, 6) is -0.609. The molecule has 11 nitrogen and oxygen atoms in total. The van der Waals surface area contributed by atoms with Crippen molar-refractivity contribution in [1.29, 1.82) is 0 Å². The number of hydrogen-bond donors (Lipinski definition) is 2. The molecule has 0 aliphatic rings. The summed E-state index contributed by atoms with van der Waals surface area (Å²) in [5.41, 5.74) is 2.18. The summed E-state index contributed by atoms with van der Waals surface area (Å²) in [4.78, 5) is 28.6. The highest BCUT2D eigenvalue weighted by atomic mass is 19.1. The van der Waals surface area contributed by atoms with Gasteiger partial charge in [-0.15, -0.1) is 10.2 Å². The van der Waals surface area contributed by atoms with E-state index in [0.717, 1.165) is 18.4 Å². The van der Waals surface area contributed by atoms with E-state index >= 15 is 0 Å². The van der Waals surface area contributed by atoms with Gasteiger partial charge < -0.3 is 10.6 Å². The van der Waals surface area contributed by atoms with Gasteiger partial charge in [0.2, 0.25) is 5.91 Å². The lowest BCUT2D eigenvalue weighted by Gasteiger charge is -2.05. The highest BCUT2D eigenvalue weighted by molar-refractivity contribution is 5.92. The van der Waals surface area contributed by atoms with Crippen LogP contribution in [0.1, 0.15) is 40.2 Å². The monoisotopic (exact) mass is 491 g/mol. The fraction of sp³-hybridized carbons (Fsp3) is 0.292. The third kappa shape index (κ3) is 7.01. The second-order valence-corrected chi connectivity index (χ2v) is 8.26. The zero-order chi connectivity index (χ0) is 25.3. The van der Waals surface area contributed by atoms with Gasteiger partial charge in [-0.1, -0.05) is 34.2 Å². The lowest BCUT2D eigenvalue weighted by molar-refractivity contribution is -0.115. The minimum absolute atomic E-state index is 0.0721. The Morgan fingerprint density at radius 1 is 1.00 bits per heavy atom.